The summed E-state index contributed by atoms with van der Waals surface area (Å²) in [5, 5.41) is 1.07. The highest BCUT2D eigenvalue weighted by Gasteiger charge is 2.26. The number of hydrogen-bond donors (Lipinski definition) is 1. The number of para-hydroxylation sites is 1. The van der Waals surface area contributed by atoms with Gasteiger partial charge in [-0.15, -0.1) is 0 Å². The number of aromatic nitrogens is 3. The van der Waals surface area contributed by atoms with Crippen LogP contribution < -0.4 is 5.73 Å². The number of imidazole rings is 1. The van der Waals surface area contributed by atoms with Gasteiger partial charge in [-0.1, -0.05) is 69.2 Å². The number of nitrogens with zero attached hydrogens (tertiary/aromatic N) is 4. The van der Waals surface area contributed by atoms with Crippen molar-refractivity contribution < 1.29 is 4.79 Å². The summed E-state index contributed by atoms with van der Waals surface area (Å²) in [6, 6.07) is 16.8. The molecule has 0 fully saturated rings. The molecular weight excluding hydrogens is 458 g/mol. The van der Waals surface area contributed by atoms with Gasteiger partial charge in [-0.25, -0.2) is 9.97 Å². The molecule has 0 aliphatic heterocycles. The van der Waals surface area contributed by atoms with Gasteiger partial charge >= 0.3 is 0 Å². The van der Waals surface area contributed by atoms with E-state index in [1.807, 2.05) is 23.1 Å². The van der Waals surface area contributed by atoms with Crippen LogP contribution in [0.25, 0.3) is 21.9 Å². The van der Waals surface area contributed by atoms with E-state index < -0.39 is 0 Å². The zero-order valence-corrected chi connectivity index (χ0v) is 23.1. The molecular formula is C31H41N5O. The number of amides is 1. The summed E-state index contributed by atoms with van der Waals surface area (Å²) in [7, 11) is 0. The van der Waals surface area contributed by atoms with Crippen molar-refractivity contribution in [1.29, 1.82) is 0 Å². The highest BCUT2D eigenvalue weighted by molar-refractivity contribution is 6.06. The van der Waals surface area contributed by atoms with Crippen molar-refractivity contribution in [3.05, 3.63) is 65.5 Å². The number of rotatable bonds is 10. The van der Waals surface area contributed by atoms with E-state index in [4.69, 9.17) is 10.7 Å². The number of hydrogen-bond acceptors (Lipinski definition) is 4. The molecule has 4 aromatic rings. The second kappa shape index (κ2) is 11.3. The van der Waals surface area contributed by atoms with E-state index >= 15 is 0 Å². The normalized spacial score (nSPS) is 11.9. The fourth-order valence-corrected chi connectivity index (χ4v) is 4.88. The Balaban J connectivity index is 1.66. The van der Waals surface area contributed by atoms with Crippen molar-refractivity contribution >= 4 is 33.7 Å². The van der Waals surface area contributed by atoms with Crippen LogP contribution in [-0.2, 0) is 24.3 Å². The second-order valence-corrected chi connectivity index (χ2v) is 11.0. The van der Waals surface area contributed by atoms with Crippen LogP contribution in [0, 0.1) is 0 Å². The number of carbonyl (C=O) groups excluding carboxylic acids is 1. The van der Waals surface area contributed by atoms with Crippen molar-refractivity contribution in [2.45, 2.75) is 91.8 Å². The fourth-order valence-electron chi connectivity index (χ4n) is 4.88. The molecule has 37 heavy (non-hydrogen) atoms. The molecule has 0 atom stereocenters. The number of pyridine rings is 1. The van der Waals surface area contributed by atoms with Crippen molar-refractivity contribution in [2.75, 3.05) is 5.73 Å². The largest absolute Gasteiger partial charge is 0.382 e. The first-order chi connectivity index (χ1) is 17.7. The summed E-state index contributed by atoms with van der Waals surface area (Å²) < 4.78 is 2.32. The van der Waals surface area contributed by atoms with Crippen LogP contribution in [0.3, 0.4) is 0 Å². The molecule has 4 rings (SSSR count). The molecule has 2 aromatic carbocycles. The van der Waals surface area contributed by atoms with Gasteiger partial charge in [0.1, 0.15) is 11.3 Å². The van der Waals surface area contributed by atoms with E-state index in [1.54, 1.807) is 0 Å². The van der Waals surface area contributed by atoms with Crippen LogP contribution in [0.2, 0.25) is 0 Å². The number of fused-ring (bicyclic) bond motifs is 3. The molecule has 0 bridgehead atoms. The van der Waals surface area contributed by atoms with Crippen LogP contribution in [-0.4, -0.2) is 30.9 Å². The third-order valence-corrected chi connectivity index (χ3v) is 7.00. The maximum absolute atomic E-state index is 12.9. The number of nitrogen functional groups attached to an aromatic ring is 1. The molecule has 2 aromatic heterocycles. The Kier molecular flexibility index (Phi) is 8.16. The van der Waals surface area contributed by atoms with Gasteiger partial charge in [-0.3, -0.25) is 4.79 Å². The van der Waals surface area contributed by atoms with Gasteiger partial charge in [0.05, 0.1) is 11.0 Å². The van der Waals surface area contributed by atoms with Gasteiger partial charge < -0.3 is 15.2 Å². The third-order valence-electron chi connectivity index (χ3n) is 7.00. The second-order valence-electron chi connectivity index (χ2n) is 11.0. The first-order valence-electron chi connectivity index (χ1n) is 13.6. The molecule has 0 spiro atoms. The molecule has 0 radical (unpaired) electrons. The summed E-state index contributed by atoms with van der Waals surface area (Å²) >= 11 is 0. The van der Waals surface area contributed by atoms with Crippen LogP contribution in [0.15, 0.2) is 48.5 Å². The van der Waals surface area contributed by atoms with Crippen molar-refractivity contribution in [3.63, 3.8) is 0 Å². The van der Waals surface area contributed by atoms with Crippen LogP contribution in [0.5, 0.6) is 0 Å². The first kappa shape index (κ1) is 26.6. The van der Waals surface area contributed by atoms with Crippen molar-refractivity contribution in [2.24, 2.45) is 0 Å². The van der Waals surface area contributed by atoms with Gasteiger partial charge in [-0.2, -0.15) is 0 Å². The Morgan fingerprint density at radius 3 is 2.30 bits per heavy atom. The monoisotopic (exact) mass is 499 g/mol. The first-order valence-corrected chi connectivity index (χ1v) is 13.6. The predicted octanol–water partition coefficient (Wildman–Crippen LogP) is 6.87. The number of anilines is 1. The molecule has 0 aliphatic carbocycles. The summed E-state index contributed by atoms with van der Waals surface area (Å²) in [6.07, 6.45) is 5.64. The minimum atomic E-state index is -0.220. The van der Waals surface area contributed by atoms with E-state index in [1.165, 1.54) is 5.56 Å². The van der Waals surface area contributed by atoms with Gasteiger partial charge in [0.2, 0.25) is 5.91 Å². The standard InChI is InChI=1S/C31H41N5O/c1-6-8-14-26-34-28-29(24-12-10-11-13-25(24)33-30(28)32)35(26)20-22-16-18-23(19-17-22)21-36(31(3,4)5)27(37)15-9-7-2/h10-13,16-19H,6-9,14-15,20-21H2,1-5H3,(H2,32,33). The predicted molar refractivity (Wildman–Crippen MR) is 153 cm³/mol. The van der Waals surface area contributed by atoms with E-state index in [0.29, 0.717) is 25.3 Å². The molecule has 6 heteroatoms. The molecule has 0 unspecified atom stereocenters. The molecule has 0 aliphatic rings. The maximum atomic E-state index is 12.9. The topological polar surface area (TPSA) is 77.0 Å². The molecule has 2 heterocycles. The van der Waals surface area contributed by atoms with Crippen LogP contribution in [0.4, 0.5) is 5.82 Å². The highest BCUT2D eigenvalue weighted by atomic mass is 16.2. The third kappa shape index (κ3) is 5.95. The molecule has 6 nitrogen and oxygen atoms in total. The summed E-state index contributed by atoms with van der Waals surface area (Å²) in [5.41, 5.74) is 11.2. The lowest BCUT2D eigenvalue weighted by atomic mass is 10.0. The van der Waals surface area contributed by atoms with Gasteiger partial charge in [-0.05, 0) is 50.8 Å². The lowest BCUT2D eigenvalue weighted by molar-refractivity contribution is -0.136. The van der Waals surface area contributed by atoms with Crippen LogP contribution in [0.1, 0.15) is 83.7 Å². The molecule has 0 saturated carbocycles. The minimum absolute atomic E-state index is 0.220. The van der Waals surface area contributed by atoms with E-state index in [0.717, 1.165) is 65.4 Å². The Morgan fingerprint density at radius 2 is 1.62 bits per heavy atom. The Bertz CT molecular complexity index is 1360. The van der Waals surface area contributed by atoms with Gasteiger partial charge in [0.15, 0.2) is 5.82 Å². The van der Waals surface area contributed by atoms with E-state index in [-0.39, 0.29) is 11.4 Å². The number of benzene rings is 2. The average Bonchev–Trinajstić information content (AvgIpc) is 3.23. The zero-order valence-electron chi connectivity index (χ0n) is 23.1. The SMILES string of the molecule is CCCCC(=O)N(Cc1ccc(Cn2c(CCCC)nc3c(N)nc4ccccc4c32)cc1)C(C)(C)C. The summed E-state index contributed by atoms with van der Waals surface area (Å²) in [6.45, 7) is 12.0. The average molecular weight is 500 g/mol. The van der Waals surface area contributed by atoms with Crippen molar-refractivity contribution in [3.8, 4) is 0 Å². The van der Waals surface area contributed by atoms with Gasteiger partial charge in [0, 0.05) is 36.9 Å². The van der Waals surface area contributed by atoms with Crippen LogP contribution >= 0.6 is 0 Å². The van der Waals surface area contributed by atoms with E-state index in [9.17, 15) is 4.79 Å². The smallest absolute Gasteiger partial charge is 0.223 e. The summed E-state index contributed by atoms with van der Waals surface area (Å²) in [5.74, 6) is 1.75. The number of carbonyl (C=O) groups is 1. The number of aryl methyl sites for hydroxylation is 1. The number of unbranched alkanes of at least 4 members (excludes halogenated alkanes) is 2. The zero-order chi connectivity index (χ0) is 26.6. The Morgan fingerprint density at radius 1 is 0.946 bits per heavy atom. The molecule has 1 amide bonds. The van der Waals surface area contributed by atoms with E-state index in [2.05, 4.69) is 74.5 Å². The fraction of sp³-hybridized carbons (Fsp3) is 0.452. The Hall–Kier alpha value is -3.41. The minimum Gasteiger partial charge on any atom is -0.382 e. The summed E-state index contributed by atoms with van der Waals surface area (Å²) in [4.78, 5) is 24.5. The Labute approximate surface area is 220 Å². The highest BCUT2D eigenvalue weighted by Crippen LogP contribution is 2.30. The molecule has 2 N–H and O–H groups in total. The molecule has 0 saturated heterocycles. The van der Waals surface area contributed by atoms with Gasteiger partial charge in [0.25, 0.3) is 0 Å². The lowest BCUT2D eigenvalue weighted by Crippen LogP contribution is -2.44. The molecule has 196 valence electrons. The van der Waals surface area contributed by atoms with Crippen molar-refractivity contribution in [1.82, 2.24) is 19.4 Å². The quantitative estimate of drug-likeness (QED) is 0.258. The maximum Gasteiger partial charge on any atom is 0.223 e. The lowest BCUT2D eigenvalue weighted by Gasteiger charge is -2.36. The number of nitrogens with two attached hydrogens (primary N) is 1.